The molecule has 0 saturated heterocycles. The molecule has 0 radical (unpaired) electrons. The molecule has 1 atom stereocenters. The van der Waals surface area contributed by atoms with Crippen molar-refractivity contribution < 1.29 is 0 Å². The highest BCUT2D eigenvalue weighted by molar-refractivity contribution is 5.83. The molecule has 0 bridgehead atoms. The monoisotopic (exact) mass is 421 g/mol. The Morgan fingerprint density at radius 3 is 2.28 bits per heavy atom. The van der Waals surface area contributed by atoms with E-state index in [0.29, 0.717) is 0 Å². The van der Waals surface area contributed by atoms with Crippen LogP contribution in [0.1, 0.15) is 34.4 Å². The third-order valence-corrected chi connectivity index (χ3v) is 5.97. The van der Waals surface area contributed by atoms with Crippen molar-refractivity contribution in [2.75, 3.05) is 0 Å². The number of hydrogen-bond acceptors (Lipinski definition) is 3. The van der Waals surface area contributed by atoms with Crippen LogP contribution in [0.5, 0.6) is 0 Å². The fraction of sp³-hybridized carbons (Fsp3) is 0.185. The number of aryl methyl sites for hydroxylation is 1. The average Bonchev–Trinajstić information content (AvgIpc) is 3.43. The van der Waals surface area contributed by atoms with Crippen LogP contribution in [0.2, 0.25) is 0 Å². The predicted molar refractivity (Wildman–Crippen MR) is 128 cm³/mol. The molecule has 0 fully saturated rings. The molecule has 5 rings (SSSR count). The summed E-state index contributed by atoms with van der Waals surface area (Å²) in [6.45, 7) is 0.787. The molecule has 0 saturated carbocycles. The van der Waals surface area contributed by atoms with E-state index in [4.69, 9.17) is 5.73 Å². The van der Waals surface area contributed by atoms with Crippen molar-refractivity contribution in [3.8, 4) is 0 Å². The second-order valence-corrected chi connectivity index (χ2v) is 8.19. The Morgan fingerprint density at radius 2 is 1.50 bits per heavy atom. The van der Waals surface area contributed by atoms with E-state index in [2.05, 4.69) is 86.6 Å². The number of aromatic amines is 1. The average molecular weight is 422 g/mol. The maximum absolute atomic E-state index is 6.64. The van der Waals surface area contributed by atoms with Gasteiger partial charge in [0.05, 0.1) is 6.04 Å². The van der Waals surface area contributed by atoms with Crippen LogP contribution in [0.15, 0.2) is 91.1 Å². The zero-order chi connectivity index (χ0) is 21.8. The lowest BCUT2D eigenvalue weighted by Gasteiger charge is -2.15. The Kier molecular flexibility index (Phi) is 5.81. The van der Waals surface area contributed by atoms with Crippen molar-refractivity contribution in [2.24, 2.45) is 5.73 Å². The smallest absolute Gasteiger partial charge is 0.150 e. The molecule has 5 heteroatoms. The Labute approximate surface area is 187 Å². The van der Waals surface area contributed by atoms with E-state index in [0.717, 1.165) is 43.0 Å². The predicted octanol–water partition coefficient (Wildman–Crippen LogP) is 4.84. The number of rotatable bonds is 8. The lowest BCUT2D eigenvalue weighted by molar-refractivity contribution is 0.569. The number of para-hydroxylation sites is 1. The zero-order valence-electron chi connectivity index (χ0n) is 18.0. The van der Waals surface area contributed by atoms with Gasteiger partial charge in [-0.15, -0.1) is 10.2 Å². The van der Waals surface area contributed by atoms with Gasteiger partial charge in [0.15, 0.2) is 0 Å². The number of H-pyrrole nitrogens is 1. The molecule has 5 nitrogen and oxygen atoms in total. The quantitative estimate of drug-likeness (QED) is 0.377. The fourth-order valence-electron chi connectivity index (χ4n) is 4.31. The molecule has 0 aliphatic rings. The van der Waals surface area contributed by atoms with Crippen molar-refractivity contribution in [3.05, 3.63) is 119 Å². The minimum atomic E-state index is -0.211. The van der Waals surface area contributed by atoms with Crippen LogP contribution in [-0.4, -0.2) is 19.7 Å². The maximum Gasteiger partial charge on any atom is 0.150 e. The second kappa shape index (κ2) is 9.20. The molecule has 2 heterocycles. The Balaban J connectivity index is 1.43. The van der Waals surface area contributed by atoms with Crippen LogP contribution >= 0.6 is 0 Å². The summed E-state index contributed by atoms with van der Waals surface area (Å²) in [5, 5.41) is 10.4. The molecular formula is C27H27N5. The molecule has 3 N–H and O–H groups in total. The Hall–Kier alpha value is -3.70. The molecule has 2 aromatic heterocycles. The molecule has 0 aliphatic carbocycles. The van der Waals surface area contributed by atoms with Crippen molar-refractivity contribution in [1.29, 1.82) is 0 Å². The number of nitrogens with zero attached hydrogens (tertiary/aromatic N) is 3. The van der Waals surface area contributed by atoms with E-state index in [1.54, 1.807) is 0 Å². The second-order valence-electron chi connectivity index (χ2n) is 8.19. The fourth-order valence-corrected chi connectivity index (χ4v) is 4.31. The molecule has 0 spiro atoms. The van der Waals surface area contributed by atoms with Crippen LogP contribution in [0.3, 0.4) is 0 Å². The van der Waals surface area contributed by atoms with Gasteiger partial charge in [-0.1, -0.05) is 78.9 Å². The van der Waals surface area contributed by atoms with Crippen LogP contribution < -0.4 is 5.73 Å². The number of benzene rings is 3. The number of hydrogen-bond donors (Lipinski definition) is 2. The highest BCUT2D eigenvalue weighted by Crippen LogP contribution is 2.21. The molecule has 0 aliphatic heterocycles. The standard InChI is InChI=1S/C27H27N5/c28-24(17-20-9-3-1-4-10-20)27-31-30-26(18-21-11-5-2-6-12-21)32(27)16-15-22-19-29-25-14-8-7-13-23(22)25/h1-14,19,24,29H,15-18,28H2/t24-/m0/s1. The summed E-state index contributed by atoms with van der Waals surface area (Å²) in [4.78, 5) is 3.38. The van der Waals surface area contributed by atoms with Gasteiger partial charge in [-0.2, -0.15) is 0 Å². The zero-order valence-corrected chi connectivity index (χ0v) is 18.0. The maximum atomic E-state index is 6.64. The Bertz CT molecular complexity index is 1290. The van der Waals surface area contributed by atoms with Crippen molar-refractivity contribution in [2.45, 2.75) is 31.8 Å². The van der Waals surface area contributed by atoms with Gasteiger partial charge < -0.3 is 15.3 Å². The van der Waals surface area contributed by atoms with Gasteiger partial charge in [0, 0.05) is 30.1 Å². The van der Waals surface area contributed by atoms with E-state index in [9.17, 15) is 0 Å². The molecule has 160 valence electrons. The summed E-state index contributed by atoms with van der Waals surface area (Å²) in [5.74, 6) is 1.80. The lowest BCUT2D eigenvalue weighted by Crippen LogP contribution is -2.21. The Morgan fingerprint density at radius 1 is 0.812 bits per heavy atom. The topological polar surface area (TPSA) is 72.5 Å². The molecule has 32 heavy (non-hydrogen) atoms. The van der Waals surface area contributed by atoms with Gasteiger partial charge in [0.25, 0.3) is 0 Å². The number of aromatic nitrogens is 4. The first-order chi connectivity index (χ1) is 15.8. The minimum Gasteiger partial charge on any atom is -0.361 e. The van der Waals surface area contributed by atoms with Gasteiger partial charge in [-0.3, -0.25) is 0 Å². The van der Waals surface area contributed by atoms with Gasteiger partial charge >= 0.3 is 0 Å². The lowest BCUT2D eigenvalue weighted by atomic mass is 10.1. The van der Waals surface area contributed by atoms with E-state index < -0.39 is 0 Å². The molecule has 3 aromatic carbocycles. The van der Waals surface area contributed by atoms with E-state index in [1.807, 2.05) is 24.3 Å². The summed E-state index contributed by atoms with van der Waals surface area (Å²) in [6.07, 6.45) is 4.46. The first-order valence-corrected chi connectivity index (χ1v) is 11.1. The number of fused-ring (bicyclic) bond motifs is 1. The van der Waals surface area contributed by atoms with E-state index in [1.165, 1.54) is 22.1 Å². The van der Waals surface area contributed by atoms with Gasteiger partial charge in [-0.05, 0) is 35.6 Å². The largest absolute Gasteiger partial charge is 0.361 e. The first-order valence-electron chi connectivity index (χ1n) is 11.1. The van der Waals surface area contributed by atoms with Gasteiger partial charge in [0.1, 0.15) is 11.6 Å². The summed E-state index contributed by atoms with van der Waals surface area (Å²) in [5.41, 5.74) is 11.5. The molecule has 0 unspecified atom stereocenters. The van der Waals surface area contributed by atoms with Gasteiger partial charge in [-0.25, -0.2) is 0 Å². The number of nitrogens with one attached hydrogen (secondary N) is 1. The summed E-state index contributed by atoms with van der Waals surface area (Å²) in [7, 11) is 0. The SMILES string of the molecule is N[C@@H](Cc1ccccc1)c1nnc(Cc2ccccc2)n1CCc1c[nH]c2ccccc12. The van der Waals surface area contributed by atoms with Crippen LogP contribution in [-0.2, 0) is 25.8 Å². The van der Waals surface area contributed by atoms with Crippen LogP contribution in [0.25, 0.3) is 10.9 Å². The number of nitrogens with two attached hydrogens (primary N) is 1. The van der Waals surface area contributed by atoms with Crippen LogP contribution in [0.4, 0.5) is 0 Å². The van der Waals surface area contributed by atoms with Crippen molar-refractivity contribution in [3.63, 3.8) is 0 Å². The molecule has 0 amide bonds. The van der Waals surface area contributed by atoms with Crippen molar-refractivity contribution >= 4 is 10.9 Å². The molecular weight excluding hydrogens is 394 g/mol. The molecule has 5 aromatic rings. The van der Waals surface area contributed by atoms with Crippen molar-refractivity contribution in [1.82, 2.24) is 19.7 Å². The van der Waals surface area contributed by atoms with E-state index in [-0.39, 0.29) is 6.04 Å². The minimum absolute atomic E-state index is 0.211. The van der Waals surface area contributed by atoms with E-state index >= 15 is 0 Å². The first kappa shape index (κ1) is 20.2. The van der Waals surface area contributed by atoms with Gasteiger partial charge in [0.2, 0.25) is 0 Å². The highest BCUT2D eigenvalue weighted by atomic mass is 15.3. The summed E-state index contributed by atoms with van der Waals surface area (Å²) < 4.78 is 2.22. The normalized spacial score (nSPS) is 12.3. The third-order valence-electron chi connectivity index (χ3n) is 5.97. The third kappa shape index (κ3) is 4.34. The van der Waals surface area contributed by atoms with Crippen LogP contribution in [0, 0.1) is 0 Å². The highest BCUT2D eigenvalue weighted by Gasteiger charge is 2.19. The summed E-state index contributed by atoms with van der Waals surface area (Å²) >= 11 is 0. The summed E-state index contributed by atoms with van der Waals surface area (Å²) in [6, 6.07) is 28.9.